The Hall–Kier alpha value is -2.17. The van der Waals surface area contributed by atoms with Gasteiger partial charge in [-0.1, -0.05) is 13.8 Å². The average Bonchev–Trinajstić information content (AvgIpc) is 2.37. The van der Waals surface area contributed by atoms with Gasteiger partial charge in [0.25, 0.3) is 0 Å². The number of nitrogens with two attached hydrogens (primary N) is 1. The smallest absolute Gasteiger partial charge is 0.165 e. The lowest BCUT2D eigenvalue weighted by atomic mass is 9.97. The van der Waals surface area contributed by atoms with Crippen molar-refractivity contribution in [1.82, 2.24) is 9.97 Å². The van der Waals surface area contributed by atoms with Crippen molar-refractivity contribution in [3.63, 3.8) is 0 Å². The van der Waals surface area contributed by atoms with Gasteiger partial charge in [0.15, 0.2) is 11.6 Å². The molecule has 0 aliphatic carbocycles. The lowest BCUT2D eigenvalue weighted by Crippen LogP contribution is -2.04. The van der Waals surface area contributed by atoms with Gasteiger partial charge in [-0.15, -0.1) is 0 Å². The van der Waals surface area contributed by atoms with Crippen LogP contribution in [0.5, 0.6) is 5.75 Å². The number of hydrogen-bond acceptors (Lipinski definition) is 4. The van der Waals surface area contributed by atoms with E-state index >= 15 is 0 Å². The van der Waals surface area contributed by atoms with Crippen LogP contribution in [0.1, 0.15) is 25.3 Å². The summed E-state index contributed by atoms with van der Waals surface area (Å²) < 4.78 is 18.7. The highest BCUT2D eigenvalue weighted by Crippen LogP contribution is 2.32. The minimum absolute atomic E-state index is 0.154. The number of nitrogen functional groups attached to an aromatic ring is 1. The van der Waals surface area contributed by atoms with E-state index in [0.29, 0.717) is 17.1 Å². The highest BCUT2D eigenvalue weighted by atomic mass is 19.1. The van der Waals surface area contributed by atoms with E-state index < -0.39 is 5.82 Å². The summed E-state index contributed by atoms with van der Waals surface area (Å²) in [6.07, 6.45) is 1.39. The first kappa shape index (κ1) is 13.3. The Morgan fingerprint density at radius 2 is 2.00 bits per heavy atom. The van der Waals surface area contributed by atoms with E-state index in [1.54, 1.807) is 12.1 Å². The number of hydrogen-bond donors (Lipinski definition) is 1. The number of rotatable bonds is 3. The molecular formula is C14H16FN3O. The molecule has 0 fully saturated rings. The Kier molecular flexibility index (Phi) is 3.64. The molecule has 2 N–H and O–H groups in total. The minimum Gasteiger partial charge on any atom is -0.494 e. The molecule has 0 atom stereocenters. The number of ether oxygens (including phenoxy) is 1. The molecule has 0 spiro atoms. The Morgan fingerprint density at radius 3 is 2.58 bits per heavy atom. The highest BCUT2D eigenvalue weighted by Gasteiger charge is 2.15. The van der Waals surface area contributed by atoms with Crippen LogP contribution in [0.3, 0.4) is 0 Å². The van der Waals surface area contributed by atoms with Crippen LogP contribution in [0.4, 0.5) is 10.2 Å². The van der Waals surface area contributed by atoms with Crippen molar-refractivity contribution in [3.05, 3.63) is 35.9 Å². The maximum atomic E-state index is 13.8. The zero-order valence-corrected chi connectivity index (χ0v) is 11.1. The first-order valence-electron chi connectivity index (χ1n) is 5.99. The Labute approximate surface area is 111 Å². The summed E-state index contributed by atoms with van der Waals surface area (Å²) in [7, 11) is 1.43. The van der Waals surface area contributed by atoms with Crippen molar-refractivity contribution >= 4 is 5.82 Å². The van der Waals surface area contributed by atoms with Crippen molar-refractivity contribution in [3.8, 4) is 17.0 Å². The molecule has 0 radical (unpaired) electrons. The van der Waals surface area contributed by atoms with E-state index in [9.17, 15) is 4.39 Å². The van der Waals surface area contributed by atoms with E-state index in [0.717, 1.165) is 5.56 Å². The molecule has 0 saturated carbocycles. The molecule has 2 aromatic rings. The summed E-state index contributed by atoms with van der Waals surface area (Å²) in [5, 5.41) is 0. The lowest BCUT2D eigenvalue weighted by molar-refractivity contribution is 0.386. The third-order valence-corrected chi connectivity index (χ3v) is 2.92. The van der Waals surface area contributed by atoms with E-state index in [2.05, 4.69) is 9.97 Å². The standard InChI is InChI=1S/C14H16FN3O/c1-8(2)12-13(17-7-18-14(12)16)9-4-5-11(19-3)10(15)6-9/h4-8H,1-3H3,(H2,16,17,18). The Bertz CT molecular complexity index is 599. The second kappa shape index (κ2) is 5.22. The monoisotopic (exact) mass is 261 g/mol. The molecule has 5 heteroatoms. The van der Waals surface area contributed by atoms with Crippen LogP contribution in [0.25, 0.3) is 11.3 Å². The van der Waals surface area contributed by atoms with Crippen LogP contribution in [0.2, 0.25) is 0 Å². The topological polar surface area (TPSA) is 61.0 Å². The SMILES string of the molecule is COc1ccc(-c2ncnc(N)c2C(C)C)cc1F. The number of methoxy groups -OCH3 is 1. The second-order valence-corrected chi connectivity index (χ2v) is 4.53. The quantitative estimate of drug-likeness (QED) is 0.922. The first-order chi connectivity index (χ1) is 9.04. The summed E-state index contributed by atoms with van der Waals surface area (Å²) in [6.45, 7) is 4.00. The van der Waals surface area contributed by atoms with Crippen molar-refractivity contribution < 1.29 is 9.13 Å². The number of anilines is 1. The molecule has 4 nitrogen and oxygen atoms in total. The molecule has 0 amide bonds. The molecule has 0 bridgehead atoms. The summed E-state index contributed by atoms with van der Waals surface area (Å²) in [4.78, 5) is 8.22. The van der Waals surface area contributed by atoms with Crippen LogP contribution in [0, 0.1) is 5.82 Å². The van der Waals surface area contributed by atoms with Gasteiger partial charge in [-0.05, 0) is 24.1 Å². The molecular weight excluding hydrogens is 245 g/mol. The van der Waals surface area contributed by atoms with Gasteiger partial charge in [0.2, 0.25) is 0 Å². The molecule has 1 aromatic heterocycles. The van der Waals surface area contributed by atoms with Gasteiger partial charge in [0.05, 0.1) is 12.8 Å². The highest BCUT2D eigenvalue weighted by molar-refractivity contribution is 5.68. The summed E-state index contributed by atoms with van der Waals surface area (Å²) in [5.74, 6) is 0.362. The molecule has 2 rings (SSSR count). The molecule has 0 aliphatic heterocycles. The van der Waals surface area contributed by atoms with Gasteiger partial charge in [0.1, 0.15) is 12.1 Å². The summed E-state index contributed by atoms with van der Waals surface area (Å²) >= 11 is 0. The summed E-state index contributed by atoms with van der Waals surface area (Å²) in [5.41, 5.74) is 8.03. The predicted octanol–water partition coefficient (Wildman–Crippen LogP) is 3.00. The minimum atomic E-state index is -0.424. The van der Waals surface area contributed by atoms with Crippen LogP contribution < -0.4 is 10.5 Å². The predicted molar refractivity (Wildman–Crippen MR) is 72.5 cm³/mol. The normalized spacial score (nSPS) is 10.8. The van der Waals surface area contributed by atoms with Crippen LogP contribution in [-0.2, 0) is 0 Å². The Morgan fingerprint density at radius 1 is 1.26 bits per heavy atom. The number of nitrogens with zero attached hydrogens (tertiary/aromatic N) is 2. The van der Waals surface area contributed by atoms with Gasteiger partial charge < -0.3 is 10.5 Å². The fraction of sp³-hybridized carbons (Fsp3) is 0.286. The molecule has 0 unspecified atom stereocenters. The average molecular weight is 261 g/mol. The number of benzene rings is 1. The van der Waals surface area contributed by atoms with E-state index in [1.165, 1.54) is 19.5 Å². The van der Waals surface area contributed by atoms with Gasteiger partial charge in [-0.2, -0.15) is 0 Å². The van der Waals surface area contributed by atoms with E-state index in [1.807, 2.05) is 13.8 Å². The van der Waals surface area contributed by atoms with E-state index in [-0.39, 0.29) is 11.7 Å². The van der Waals surface area contributed by atoms with E-state index in [4.69, 9.17) is 10.5 Å². The third kappa shape index (κ3) is 2.50. The van der Waals surface area contributed by atoms with Gasteiger partial charge in [-0.25, -0.2) is 14.4 Å². The fourth-order valence-electron chi connectivity index (χ4n) is 2.02. The summed E-state index contributed by atoms with van der Waals surface area (Å²) in [6, 6.07) is 4.73. The first-order valence-corrected chi connectivity index (χ1v) is 5.99. The third-order valence-electron chi connectivity index (χ3n) is 2.92. The van der Waals surface area contributed by atoms with Crippen LogP contribution in [0.15, 0.2) is 24.5 Å². The van der Waals surface area contributed by atoms with Crippen molar-refractivity contribution in [1.29, 1.82) is 0 Å². The second-order valence-electron chi connectivity index (χ2n) is 4.53. The molecule has 100 valence electrons. The van der Waals surface area contributed by atoms with Gasteiger partial charge in [0, 0.05) is 11.1 Å². The van der Waals surface area contributed by atoms with Crippen molar-refractivity contribution in [2.24, 2.45) is 0 Å². The maximum absolute atomic E-state index is 13.8. The van der Waals surface area contributed by atoms with Gasteiger partial charge >= 0.3 is 0 Å². The zero-order chi connectivity index (χ0) is 14.0. The van der Waals surface area contributed by atoms with Gasteiger partial charge in [-0.3, -0.25) is 0 Å². The zero-order valence-electron chi connectivity index (χ0n) is 11.1. The van der Waals surface area contributed by atoms with Crippen molar-refractivity contribution in [2.45, 2.75) is 19.8 Å². The maximum Gasteiger partial charge on any atom is 0.165 e. The molecule has 19 heavy (non-hydrogen) atoms. The van der Waals surface area contributed by atoms with Crippen LogP contribution >= 0.6 is 0 Å². The fourth-order valence-corrected chi connectivity index (χ4v) is 2.02. The molecule has 0 saturated heterocycles. The molecule has 0 aliphatic rings. The molecule has 1 aromatic carbocycles. The molecule has 1 heterocycles. The lowest BCUT2D eigenvalue weighted by Gasteiger charge is -2.14. The largest absolute Gasteiger partial charge is 0.494 e. The van der Waals surface area contributed by atoms with Crippen molar-refractivity contribution in [2.75, 3.05) is 12.8 Å². The number of aromatic nitrogens is 2. The van der Waals surface area contributed by atoms with Crippen LogP contribution in [-0.4, -0.2) is 17.1 Å². The number of halogens is 1. The Balaban J connectivity index is 2.59.